The fourth-order valence-electron chi connectivity index (χ4n) is 3.86. The number of halogens is 1. The number of hydrogen-bond donors (Lipinski definition) is 1. The van der Waals surface area contributed by atoms with E-state index in [1.165, 1.54) is 25.7 Å². The highest BCUT2D eigenvalue weighted by atomic mass is 19.1. The lowest BCUT2D eigenvalue weighted by Gasteiger charge is -2.46. The first-order valence-corrected chi connectivity index (χ1v) is 7.95. The molecule has 0 amide bonds. The highest BCUT2D eigenvalue weighted by Gasteiger charge is 2.40. The van der Waals surface area contributed by atoms with E-state index in [0.29, 0.717) is 11.6 Å². The molecule has 0 bridgehead atoms. The van der Waals surface area contributed by atoms with Crippen LogP contribution in [-0.4, -0.2) is 29.6 Å². The monoisotopic (exact) mass is 276 g/mol. The third-order valence-corrected chi connectivity index (χ3v) is 5.10. The molecule has 1 saturated carbocycles. The Hall–Kier alpha value is -0.930. The number of hydrogen-bond acceptors (Lipinski definition) is 2. The van der Waals surface area contributed by atoms with Gasteiger partial charge < -0.3 is 5.32 Å². The number of nitrogens with zero attached hydrogens (tertiary/aromatic N) is 1. The van der Waals surface area contributed by atoms with Gasteiger partial charge in [0, 0.05) is 36.8 Å². The molecule has 1 N–H and O–H groups in total. The van der Waals surface area contributed by atoms with Gasteiger partial charge in [-0.05, 0) is 25.3 Å². The van der Waals surface area contributed by atoms with Gasteiger partial charge in [-0.2, -0.15) is 0 Å². The average molecular weight is 276 g/mol. The van der Waals surface area contributed by atoms with Crippen LogP contribution in [0.3, 0.4) is 0 Å². The van der Waals surface area contributed by atoms with Crippen molar-refractivity contribution in [2.45, 2.75) is 57.2 Å². The summed E-state index contributed by atoms with van der Waals surface area (Å²) in [6.45, 7) is 5.09. The Balaban J connectivity index is 1.76. The Morgan fingerprint density at radius 2 is 2.05 bits per heavy atom. The average Bonchev–Trinajstić information content (AvgIpc) is 2.90. The van der Waals surface area contributed by atoms with Gasteiger partial charge in [-0.3, -0.25) is 4.90 Å². The van der Waals surface area contributed by atoms with Crippen LogP contribution >= 0.6 is 0 Å². The van der Waals surface area contributed by atoms with E-state index in [-0.39, 0.29) is 5.82 Å². The van der Waals surface area contributed by atoms with Crippen LogP contribution in [0.4, 0.5) is 4.39 Å². The van der Waals surface area contributed by atoms with Crippen molar-refractivity contribution in [1.82, 2.24) is 10.2 Å². The third-order valence-electron chi connectivity index (χ3n) is 5.10. The van der Waals surface area contributed by atoms with Gasteiger partial charge in [0.05, 0.1) is 0 Å². The zero-order valence-corrected chi connectivity index (χ0v) is 12.4. The van der Waals surface area contributed by atoms with Crippen molar-refractivity contribution >= 4 is 0 Å². The zero-order valence-electron chi connectivity index (χ0n) is 12.4. The van der Waals surface area contributed by atoms with Crippen LogP contribution in [0.15, 0.2) is 24.3 Å². The molecule has 3 heteroatoms. The van der Waals surface area contributed by atoms with Gasteiger partial charge in [0.25, 0.3) is 0 Å². The van der Waals surface area contributed by atoms with E-state index < -0.39 is 0 Å². The van der Waals surface area contributed by atoms with Gasteiger partial charge in [0.2, 0.25) is 0 Å². The molecule has 1 aliphatic carbocycles. The van der Waals surface area contributed by atoms with Crippen molar-refractivity contribution in [2.24, 2.45) is 0 Å². The summed E-state index contributed by atoms with van der Waals surface area (Å²) in [5.74, 6) is -0.0682. The van der Waals surface area contributed by atoms with Gasteiger partial charge in [-0.1, -0.05) is 38.0 Å². The van der Waals surface area contributed by atoms with E-state index in [1.54, 1.807) is 12.1 Å². The molecule has 2 fully saturated rings. The van der Waals surface area contributed by atoms with E-state index in [9.17, 15) is 4.39 Å². The zero-order chi connectivity index (χ0) is 14.0. The number of nitrogens with one attached hydrogen (secondary N) is 1. The summed E-state index contributed by atoms with van der Waals surface area (Å²) >= 11 is 0. The summed E-state index contributed by atoms with van der Waals surface area (Å²) in [7, 11) is 0. The van der Waals surface area contributed by atoms with Gasteiger partial charge in [-0.25, -0.2) is 4.39 Å². The van der Waals surface area contributed by atoms with Crippen molar-refractivity contribution in [3.63, 3.8) is 0 Å². The standard InChI is InChI=1S/C17H25FN2/c1-2-15-11-19-17(9-5-6-10-17)13-20(15)12-14-7-3-4-8-16(14)18/h3-4,7-8,15,19H,2,5-6,9-13H2,1H3. The Morgan fingerprint density at radius 1 is 1.30 bits per heavy atom. The molecule has 1 aromatic rings. The quantitative estimate of drug-likeness (QED) is 0.911. The van der Waals surface area contributed by atoms with Crippen LogP contribution in [0, 0.1) is 5.82 Å². The normalized spacial score (nSPS) is 26.2. The maximum Gasteiger partial charge on any atom is 0.127 e. The largest absolute Gasteiger partial charge is 0.308 e. The molecule has 2 nitrogen and oxygen atoms in total. The SMILES string of the molecule is CCC1CNC2(CCCC2)CN1Cc1ccccc1F. The van der Waals surface area contributed by atoms with Crippen LogP contribution in [-0.2, 0) is 6.54 Å². The van der Waals surface area contributed by atoms with Crippen molar-refractivity contribution in [1.29, 1.82) is 0 Å². The minimum atomic E-state index is -0.0682. The van der Waals surface area contributed by atoms with E-state index in [0.717, 1.165) is 31.6 Å². The van der Waals surface area contributed by atoms with Crippen LogP contribution in [0.5, 0.6) is 0 Å². The minimum absolute atomic E-state index is 0.0682. The van der Waals surface area contributed by atoms with Crippen LogP contribution in [0.1, 0.15) is 44.6 Å². The molecule has 110 valence electrons. The summed E-state index contributed by atoms with van der Waals surface area (Å²) in [6, 6.07) is 7.73. The fraction of sp³-hybridized carbons (Fsp3) is 0.647. The van der Waals surface area contributed by atoms with Crippen molar-refractivity contribution < 1.29 is 4.39 Å². The molecule has 0 radical (unpaired) electrons. The summed E-state index contributed by atoms with van der Waals surface area (Å²) in [4.78, 5) is 2.50. The molecule has 1 aromatic carbocycles. The molecule has 1 aliphatic heterocycles. The number of piperazine rings is 1. The molecule has 1 atom stereocenters. The highest BCUT2D eigenvalue weighted by molar-refractivity contribution is 5.18. The first-order chi connectivity index (χ1) is 9.72. The van der Waals surface area contributed by atoms with E-state index in [4.69, 9.17) is 0 Å². The minimum Gasteiger partial charge on any atom is -0.308 e. The number of benzene rings is 1. The highest BCUT2D eigenvalue weighted by Crippen LogP contribution is 2.34. The summed E-state index contributed by atoms with van der Waals surface area (Å²) in [5.41, 5.74) is 1.14. The molecule has 2 aliphatic rings. The van der Waals surface area contributed by atoms with E-state index >= 15 is 0 Å². The predicted octanol–water partition coefficient (Wildman–Crippen LogP) is 3.32. The fourth-order valence-corrected chi connectivity index (χ4v) is 3.86. The first kappa shape index (κ1) is 14.0. The molecular formula is C17H25FN2. The second kappa shape index (κ2) is 5.82. The number of rotatable bonds is 3. The second-order valence-corrected chi connectivity index (χ2v) is 6.43. The van der Waals surface area contributed by atoms with Crippen LogP contribution in [0.2, 0.25) is 0 Å². The lowest BCUT2D eigenvalue weighted by molar-refractivity contribution is 0.0709. The Bertz CT molecular complexity index is 454. The van der Waals surface area contributed by atoms with Crippen molar-refractivity contribution in [3.8, 4) is 0 Å². The molecular weight excluding hydrogens is 251 g/mol. The maximum absolute atomic E-state index is 13.9. The Labute approximate surface area is 121 Å². The summed E-state index contributed by atoms with van der Waals surface area (Å²) in [5, 5.41) is 3.79. The predicted molar refractivity (Wildman–Crippen MR) is 80.1 cm³/mol. The van der Waals surface area contributed by atoms with Crippen LogP contribution in [0.25, 0.3) is 0 Å². The molecule has 1 saturated heterocycles. The molecule has 3 rings (SSSR count). The van der Waals surface area contributed by atoms with E-state index in [2.05, 4.69) is 17.1 Å². The van der Waals surface area contributed by atoms with Crippen LogP contribution < -0.4 is 5.32 Å². The lowest BCUT2D eigenvalue weighted by atomic mass is 9.91. The molecule has 1 unspecified atom stereocenters. The molecule has 1 heterocycles. The van der Waals surface area contributed by atoms with Gasteiger partial charge in [-0.15, -0.1) is 0 Å². The summed E-state index contributed by atoms with van der Waals surface area (Å²) < 4.78 is 13.9. The summed E-state index contributed by atoms with van der Waals surface area (Å²) in [6.07, 6.45) is 6.33. The third kappa shape index (κ3) is 2.75. The second-order valence-electron chi connectivity index (χ2n) is 6.43. The lowest BCUT2D eigenvalue weighted by Crippen LogP contribution is -2.62. The van der Waals surface area contributed by atoms with Crippen molar-refractivity contribution in [2.75, 3.05) is 13.1 Å². The van der Waals surface area contributed by atoms with Gasteiger partial charge in [0.1, 0.15) is 5.82 Å². The topological polar surface area (TPSA) is 15.3 Å². The van der Waals surface area contributed by atoms with Gasteiger partial charge >= 0.3 is 0 Å². The molecule has 0 aromatic heterocycles. The van der Waals surface area contributed by atoms with E-state index in [1.807, 2.05) is 12.1 Å². The molecule has 1 spiro atoms. The first-order valence-electron chi connectivity index (χ1n) is 7.95. The van der Waals surface area contributed by atoms with Crippen molar-refractivity contribution in [3.05, 3.63) is 35.6 Å². The van der Waals surface area contributed by atoms with Gasteiger partial charge in [0.15, 0.2) is 0 Å². The smallest absolute Gasteiger partial charge is 0.127 e. The molecule has 20 heavy (non-hydrogen) atoms. The Kier molecular flexibility index (Phi) is 4.08. The maximum atomic E-state index is 13.9. The Morgan fingerprint density at radius 3 is 2.75 bits per heavy atom.